The molecule has 5 heteroatoms. The molecule has 0 aromatic rings. The van der Waals surface area contributed by atoms with Gasteiger partial charge in [0.1, 0.15) is 0 Å². The first kappa shape index (κ1) is 8.81. The van der Waals surface area contributed by atoms with E-state index in [0.29, 0.717) is 0 Å². The highest BCUT2D eigenvalue weighted by molar-refractivity contribution is 8.14. The maximum Gasteiger partial charge on any atom is 0.279 e. The number of carbonyl (C=O) groups is 1. The van der Waals surface area contributed by atoms with Crippen molar-refractivity contribution in [2.75, 3.05) is 0 Å². The van der Waals surface area contributed by atoms with Crippen LogP contribution >= 0.6 is 11.8 Å². The third-order valence-corrected chi connectivity index (χ3v) is 1.24. The van der Waals surface area contributed by atoms with E-state index in [0.717, 1.165) is 6.92 Å². The Morgan fingerprint density at radius 1 is 1.44 bits per heavy atom. The molecular formula is C4H5F3OS. The zero-order valence-corrected chi connectivity index (χ0v) is 5.42. The molecule has 0 aliphatic carbocycles. The molecule has 0 rings (SSSR count). The van der Waals surface area contributed by atoms with Crippen LogP contribution in [0.1, 0.15) is 6.92 Å². The van der Waals surface area contributed by atoms with Crippen LogP contribution in [0.4, 0.5) is 13.2 Å². The molecule has 0 heterocycles. The average Bonchev–Trinajstić information content (AvgIpc) is 1.63. The second-order valence-corrected chi connectivity index (χ2v) is 2.56. The van der Waals surface area contributed by atoms with Crippen molar-refractivity contribution < 1.29 is 18.0 Å². The molecule has 0 aromatic heterocycles. The summed E-state index contributed by atoms with van der Waals surface area (Å²) in [5.74, 6) is 0. The summed E-state index contributed by atoms with van der Waals surface area (Å²) in [6, 6.07) is 0. The Labute approximate surface area is 54.6 Å². The molecule has 0 bridgehead atoms. The van der Waals surface area contributed by atoms with Crippen LogP contribution in [0.2, 0.25) is 0 Å². The smallest absolute Gasteiger partial charge is 0.279 e. The van der Waals surface area contributed by atoms with Gasteiger partial charge in [0.05, 0.1) is 0 Å². The maximum atomic E-state index is 11.8. The fourth-order valence-electron chi connectivity index (χ4n) is 0.210. The lowest BCUT2D eigenvalue weighted by Gasteiger charge is -2.00. The first-order chi connectivity index (χ1) is 4.04. The van der Waals surface area contributed by atoms with Crippen molar-refractivity contribution in [1.82, 2.24) is 0 Å². The van der Waals surface area contributed by atoms with Gasteiger partial charge < -0.3 is 0 Å². The number of alkyl halides is 3. The second kappa shape index (κ2) is 3.76. The average molecular weight is 158 g/mol. The molecule has 0 radical (unpaired) electrons. The molecule has 0 aliphatic rings. The van der Waals surface area contributed by atoms with Gasteiger partial charge in [-0.3, -0.25) is 4.79 Å². The third-order valence-electron chi connectivity index (χ3n) is 0.477. The van der Waals surface area contributed by atoms with Gasteiger partial charge in [0.25, 0.3) is 6.43 Å². The van der Waals surface area contributed by atoms with Gasteiger partial charge >= 0.3 is 0 Å². The molecule has 1 nitrogen and oxygen atoms in total. The zero-order valence-electron chi connectivity index (χ0n) is 4.61. The first-order valence-electron chi connectivity index (χ1n) is 2.13. The van der Waals surface area contributed by atoms with E-state index in [1.165, 1.54) is 0 Å². The van der Waals surface area contributed by atoms with Crippen molar-refractivity contribution >= 4 is 16.9 Å². The summed E-state index contributed by atoms with van der Waals surface area (Å²) in [5.41, 5.74) is -2.37. The van der Waals surface area contributed by atoms with Gasteiger partial charge in [-0.2, -0.15) is 0 Å². The summed E-state index contributed by atoms with van der Waals surface area (Å²) in [6.07, 6.45) is -3.07. The van der Waals surface area contributed by atoms with Crippen molar-refractivity contribution in [2.45, 2.75) is 18.9 Å². The van der Waals surface area contributed by atoms with Crippen LogP contribution < -0.4 is 0 Å². The van der Waals surface area contributed by atoms with Crippen LogP contribution in [-0.2, 0) is 4.79 Å². The van der Waals surface area contributed by atoms with Gasteiger partial charge in [-0.15, -0.1) is 0 Å². The SMILES string of the molecule is CC(=O)SC(F)C(F)F. The molecule has 0 N–H and O–H groups in total. The fourth-order valence-corrected chi connectivity index (χ4v) is 0.630. The van der Waals surface area contributed by atoms with Crippen molar-refractivity contribution in [1.29, 1.82) is 0 Å². The van der Waals surface area contributed by atoms with Crippen molar-refractivity contribution in [3.05, 3.63) is 0 Å². The second-order valence-electron chi connectivity index (χ2n) is 1.30. The Kier molecular flexibility index (Phi) is 3.68. The number of rotatable bonds is 2. The molecule has 0 saturated carbocycles. The highest BCUT2D eigenvalue weighted by Gasteiger charge is 2.21. The molecule has 9 heavy (non-hydrogen) atoms. The van der Waals surface area contributed by atoms with Crippen molar-refractivity contribution in [3.8, 4) is 0 Å². The Morgan fingerprint density at radius 3 is 2.00 bits per heavy atom. The predicted octanol–water partition coefficient (Wildman–Crippen LogP) is 1.83. The number of hydrogen-bond donors (Lipinski definition) is 0. The monoisotopic (exact) mass is 158 g/mol. The third kappa shape index (κ3) is 4.32. The molecule has 0 aromatic carbocycles. The zero-order chi connectivity index (χ0) is 7.44. The number of hydrogen-bond acceptors (Lipinski definition) is 2. The summed E-state index contributed by atoms with van der Waals surface area (Å²) in [5, 5.41) is -0.636. The van der Waals surface area contributed by atoms with Gasteiger partial charge in [0.15, 0.2) is 5.12 Å². The van der Waals surface area contributed by atoms with Crippen LogP contribution in [0, 0.1) is 0 Å². The van der Waals surface area contributed by atoms with Crippen molar-refractivity contribution in [2.24, 2.45) is 0 Å². The molecule has 0 saturated heterocycles. The Morgan fingerprint density at radius 2 is 1.89 bits per heavy atom. The van der Waals surface area contributed by atoms with Gasteiger partial charge in [0, 0.05) is 6.92 Å². The molecule has 0 fully saturated rings. The van der Waals surface area contributed by atoms with E-state index in [2.05, 4.69) is 0 Å². The maximum absolute atomic E-state index is 11.8. The van der Waals surface area contributed by atoms with Crippen LogP contribution in [0.15, 0.2) is 0 Å². The van der Waals surface area contributed by atoms with E-state index >= 15 is 0 Å². The van der Waals surface area contributed by atoms with E-state index in [1.807, 2.05) is 0 Å². The van der Waals surface area contributed by atoms with Crippen LogP contribution in [0.25, 0.3) is 0 Å². The lowest BCUT2D eigenvalue weighted by molar-refractivity contribution is -0.109. The van der Waals surface area contributed by atoms with Gasteiger partial charge in [-0.25, -0.2) is 13.2 Å². The minimum absolute atomic E-state index is 0.00694. The Balaban J connectivity index is 3.50. The molecule has 54 valence electrons. The summed E-state index contributed by atoms with van der Waals surface area (Å²) in [6.45, 7) is 1.04. The van der Waals surface area contributed by atoms with Gasteiger partial charge in [-0.1, -0.05) is 0 Å². The van der Waals surface area contributed by atoms with E-state index in [1.54, 1.807) is 0 Å². The standard InChI is InChI=1S/C4H5F3OS/c1-2(8)9-4(7)3(5)6/h3-4H,1H3. The lowest BCUT2D eigenvalue weighted by Crippen LogP contribution is -2.08. The molecule has 0 spiro atoms. The van der Waals surface area contributed by atoms with Crippen LogP contribution in [-0.4, -0.2) is 17.0 Å². The van der Waals surface area contributed by atoms with Crippen LogP contribution in [0.5, 0.6) is 0 Å². The summed E-state index contributed by atoms with van der Waals surface area (Å²) in [7, 11) is 0. The summed E-state index contributed by atoms with van der Waals surface area (Å²) in [4.78, 5) is 9.95. The lowest BCUT2D eigenvalue weighted by atomic mass is 10.8. The molecule has 0 aliphatic heterocycles. The van der Waals surface area contributed by atoms with Crippen molar-refractivity contribution in [3.63, 3.8) is 0 Å². The number of halogens is 3. The van der Waals surface area contributed by atoms with Crippen LogP contribution in [0.3, 0.4) is 0 Å². The topological polar surface area (TPSA) is 17.1 Å². The number of carbonyl (C=O) groups excluding carboxylic acids is 1. The van der Waals surface area contributed by atoms with E-state index in [9.17, 15) is 18.0 Å². The first-order valence-corrected chi connectivity index (χ1v) is 3.01. The molecule has 1 atom stereocenters. The summed E-state index contributed by atoms with van der Waals surface area (Å²) < 4.78 is 34.2. The Hall–Kier alpha value is -0.190. The Bertz CT molecular complexity index is 106. The summed E-state index contributed by atoms with van der Waals surface area (Å²) >= 11 is 0.00694. The van der Waals surface area contributed by atoms with Gasteiger partial charge in [-0.05, 0) is 11.8 Å². The minimum atomic E-state index is -3.07. The molecule has 0 amide bonds. The fraction of sp³-hybridized carbons (Fsp3) is 0.750. The quantitative estimate of drug-likeness (QED) is 0.609. The van der Waals surface area contributed by atoms with E-state index in [4.69, 9.17) is 0 Å². The highest BCUT2D eigenvalue weighted by atomic mass is 32.2. The normalized spacial score (nSPS) is 13.9. The highest BCUT2D eigenvalue weighted by Crippen LogP contribution is 2.19. The van der Waals surface area contributed by atoms with E-state index in [-0.39, 0.29) is 11.8 Å². The molecule has 1 unspecified atom stereocenters. The predicted molar refractivity (Wildman–Crippen MR) is 29.2 cm³/mol. The van der Waals surface area contributed by atoms with E-state index < -0.39 is 17.0 Å². The largest absolute Gasteiger partial charge is 0.287 e. The minimum Gasteiger partial charge on any atom is -0.287 e. The number of thioether (sulfide) groups is 1. The van der Waals surface area contributed by atoms with Gasteiger partial charge in [0.2, 0.25) is 5.50 Å². The molecular weight excluding hydrogens is 153 g/mol.